The molecule has 3 heterocycles. The second kappa shape index (κ2) is 9.99. The third kappa shape index (κ3) is 5.20. The first kappa shape index (κ1) is 22.1. The number of rotatable bonds is 8. The molecule has 0 spiro atoms. The van der Waals surface area contributed by atoms with Gasteiger partial charge in [0.15, 0.2) is 11.6 Å². The zero-order valence-electron chi connectivity index (χ0n) is 18.8. The lowest BCUT2D eigenvalue weighted by atomic mass is 9.96. The van der Waals surface area contributed by atoms with Gasteiger partial charge in [-0.15, -0.1) is 10.2 Å². The summed E-state index contributed by atoms with van der Waals surface area (Å²) in [5.41, 5.74) is 3.14. The van der Waals surface area contributed by atoms with E-state index in [1.54, 1.807) is 30.7 Å². The van der Waals surface area contributed by atoms with Crippen LogP contribution in [0.4, 0.5) is 5.69 Å². The number of aromatic nitrogens is 6. The van der Waals surface area contributed by atoms with Crippen LogP contribution in [-0.4, -0.2) is 35.6 Å². The SMILES string of the molecule is CC(C)C(NC(=O)c1cccc(NCc2nnc(-c3ccncn3)n2C)c1)c1ccncc1. The van der Waals surface area contributed by atoms with Gasteiger partial charge >= 0.3 is 0 Å². The van der Waals surface area contributed by atoms with Crippen molar-refractivity contribution in [1.82, 2.24) is 35.0 Å². The monoisotopic (exact) mass is 442 g/mol. The predicted molar refractivity (Wildman–Crippen MR) is 125 cm³/mol. The van der Waals surface area contributed by atoms with Crippen LogP contribution in [0.5, 0.6) is 0 Å². The molecule has 0 aliphatic carbocycles. The lowest BCUT2D eigenvalue weighted by Crippen LogP contribution is -2.31. The molecule has 3 aromatic heterocycles. The van der Waals surface area contributed by atoms with Crippen LogP contribution in [0, 0.1) is 5.92 Å². The molecular formula is C24H26N8O. The second-order valence-electron chi connectivity index (χ2n) is 8.00. The molecule has 1 amide bonds. The molecule has 0 fully saturated rings. The summed E-state index contributed by atoms with van der Waals surface area (Å²) in [7, 11) is 1.89. The van der Waals surface area contributed by atoms with Crippen molar-refractivity contribution in [3.8, 4) is 11.5 Å². The van der Waals surface area contributed by atoms with Gasteiger partial charge in [0.05, 0.1) is 12.6 Å². The average molecular weight is 443 g/mol. The summed E-state index contributed by atoms with van der Waals surface area (Å²) in [6, 6.07) is 13.0. The number of nitrogens with zero attached hydrogens (tertiary/aromatic N) is 6. The second-order valence-corrected chi connectivity index (χ2v) is 8.00. The maximum atomic E-state index is 13.0. The maximum absolute atomic E-state index is 13.0. The van der Waals surface area contributed by atoms with Crippen LogP contribution in [0.2, 0.25) is 0 Å². The highest BCUT2D eigenvalue weighted by Gasteiger charge is 2.19. The first-order chi connectivity index (χ1) is 16.0. The molecule has 9 heteroatoms. The topological polar surface area (TPSA) is 111 Å². The number of hydrogen-bond acceptors (Lipinski definition) is 7. The molecule has 1 atom stereocenters. The van der Waals surface area contributed by atoms with Crippen LogP contribution < -0.4 is 10.6 Å². The van der Waals surface area contributed by atoms with E-state index >= 15 is 0 Å². The molecule has 9 nitrogen and oxygen atoms in total. The van der Waals surface area contributed by atoms with Crippen LogP contribution in [-0.2, 0) is 13.6 Å². The molecule has 33 heavy (non-hydrogen) atoms. The van der Waals surface area contributed by atoms with Crippen LogP contribution in [0.3, 0.4) is 0 Å². The first-order valence-corrected chi connectivity index (χ1v) is 10.7. The number of carbonyl (C=O) groups excluding carboxylic acids is 1. The highest BCUT2D eigenvalue weighted by molar-refractivity contribution is 5.95. The Morgan fingerprint density at radius 3 is 2.55 bits per heavy atom. The molecule has 4 rings (SSSR count). The summed E-state index contributed by atoms with van der Waals surface area (Å²) in [6.45, 7) is 4.62. The van der Waals surface area contributed by atoms with Gasteiger partial charge in [0, 0.05) is 36.9 Å². The Balaban J connectivity index is 1.44. The van der Waals surface area contributed by atoms with E-state index in [1.807, 2.05) is 41.9 Å². The minimum absolute atomic E-state index is 0.101. The lowest BCUT2D eigenvalue weighted by Gasteiger charge is -2.23. The van der Waals surface area contributed by atoms with Crippen molar-refractivity contribution in [3.63, 3.8) is 0 Å². The van der Waals surface area contributed by atoms with Gasteiger partial charge in [-0.25, -0.2) is 9.97 Å². The summed E-state index contributed by atoms with van der Waals surface area (Å²) in [4.78, 5) is 25.2. The first-order valence-electron chi connectivity index (χ1n) is 10.7. The van der Waals surface area contributed by atoms with E-state index < -0.39 is 0 Å². The van der Waals surface area contributed by atoms with E-state index in [9.17, 15) is 4.79 Å². The molecule has 0 aliphatic rings. The Hall–Kier alpha value is -4.14. The van der Waals surface area contributed by atoms with Gasteiger partial charge in [0.25, 0.3) is 5.91 Å². The van der Waals surface area contributed by atoms with E-state index in [0.717, 1.165) is 17.1 Å². The molecule has 168 valence electrons. The predicted octanol–water partition coefficient (Wildman–Crippen LogP) is 3.41. The minimum atomic E-state index is -0.126. The Labute approximate surface area is 192 Å². The fraction of sp³-hybridized carbons (Fsp3) is 0.250. The van der Waals surface area contributed by atoms with Crippen molar-refractivity contribution in [1.29, 1.82) is 0 Å². The number of nitrogens with one attached hydrogen (secondary N) is 2. The Bertz CT molecular complexity index is 1210. The molecule has 1 unspecified atom stereocenters. The van der Waals surface area contributed by atoms with Crippen molar-refractivity contribution >= 4 is 11.6 Å². The number of pyridine rings is 1. The molecule has 0 saturated carbocycles. The van der Waals surface area contributed by atoms with Crippen LogP contribution in [0.25, 0.3) is 11.5 Å². The van der Waals surface area contributed by atoms with Gasteiger partial charge < -0.3 is 15.2 Å². The minimum Gasteiger partial charge on any atom is -0.378 e. The summed E-state index contributed by atoms with van der Waals surface area (Å²) >= 11 is 0. The van der Waals surface area contributed by atoms with Crippen molar-refractivity contribution in [2.75, 3.05) is 5.32 Å². The standard InChI is InChI=1S/C24H26N8O/c1-16(2)22(17-7-10-25-11-8-17)29-24(33)18-5-4-6-19(13-18)27-14-21-30-31-23(32(21)3)20-9-12-26-15-28-20/h4-13,15-16,22,27H,14H2,1-3H3,(H,29,33). The van der Waals surface area contributed by atoms with E-state index in [4.69, 9.17) is 0 Å². The van der Waals surface area contributed by atoms with E-state index in [-0.39, 0.29) is 17.9 Å². The summed E-state index contributed by atoms with van der Waals surface area (Å²) in [6.07, 6.45) is 6.63. The normalized spacial score (nSPS) is 11.9. The molecule has 0 bridgehead atoms. The van der Waals surface area contributed by atoms with Gasteiger partial charge in [-0.1, -0.05) is 19.9 Å². The van der Waals surface area contributed by atoms with Crippen molar-refractivity contribution in [3.05, 3.63) is 84.3 Å². The molecule has 2 N–H and O–H groups in total. The van der Waals surface area contributed by atoms with E-state index in [0.29, 0.717) is 23.6 Å². The Kier molecular flexibility index (Phi) is 6.68. The van der Waals surface area contributed by atoms with Crippen LogP contribution in [0.1, 0.15) is 41.6 Å². The number of carbonyl (C=O) groups is 1. The van der Waals surface area contributed by atoms with Gasteiger partial charge in [-0.2, -0.15) is 0 Å². The maximum Gasteiger partial charge on any atom is 0.251 e. The third-order valence-electron chi connectivity index (χ3n) is 5.37. The number of amides is 1. The molecule has 0 saturated heterocycles. The highest BCUT2D eigenvalue weighted by atomic mass is 16.1. The van der Waals surface area contributed by atoms with Crippen molar-refractivity contribution < 1.29 is 4.79 Å². The number of benzene rings is 1. The van der Waals surface area contributed by atoms with Gasteiger partial charge in [-0.3, -0.25) is 9.78 Å². The molecule has 1 aromatic carbocycles. The highest BCUT2D eigenvalue weighted by Crippen LogP contribution is 2.22. The number of hydrogen-bond donors (Lipinski definition) is 2. The number of anilines is 1. The summed E-state index contributed by atoms with van der Waals surface area (Å²) in [5, 5.41) is 15.0. The van der Waals surface area contributed by atoms with Crippen molar-refractivity contribution in [2.45, 2.75) is 26.4 Å². The van der Waals surface area contributed by atoms with E-state index in [2.05, 4.69) is 49.6 Å². The molecule has 4 aromatic rings. The quantitative estimate of drug-likeness (QED) is 0.430. The molecular weight excluding hydrogens is 416 g/mol. The van der Waals surface area contributed by atoms with Gasteiger partial charge in [-0.05, 0) is 47.9 Å². The smallest absolute Gasteiger partial charge is 0.251 e. The van der Waals surface area contributed by atoms with Gasteiger partial charge in [0.1, 0.15) is 12.0 Å². The Morgan fingerprint density at radius 2 is 1.82 bits per heavy atom. The fourth-order valence-corrected chi connectivity index (χ4v) is 3.54. The fourth-order valence-electron chi connectivity index (χ4n) is 3.54. The zero-order chi connectivity index (χ0) is 23.2. The van der Waals surface area contributed by atoms with Crippen LogP contribution in [0.15, 0.2) is 67.4 Å². The third-order valence-corrected chi connectivity index (χ3v) is 5.37. The van der Waals surface area contributed by atoms with Gasteiger partial charge in [0.2, 0.25) is 0 Å². The average Bonchev–Trinajstić information content (AvgIpc) is 3.22. The van der Waals surface area contributed by atoms with E-state index in [1.165, 1.54) is 6.33 Å². The molecule has 0 radical (unpaired) electrons. The zero-order valence-corrected chi connectivity index (χ0v) is 18.8. The molecule has 0 aliphatic heterocycles. The van der Waals surface area contributed by atoms with Crippen molar-refractivity contribution in [2.24, 2.45) is 13.0 Å². The summed E-state index contributed by atoms with van der Waals surface area (Å²) in [5.74, 6) is 1.52. The Morgan fingerprint density at radius 1 is 1.03 bits per heavy atom. The lowest BCUT2D eigenvalue weighted by molar-refractivity contribution is 0.0925. The van der Waals surface area contributed by atoms with Crippen LogP contribution >= 0.6 is 0 Å². The summed E-state index contributed by atoms with van der Waals surface area (Å²) < 4.78 is 1.88. The largest absolute Gasteiger partial charge is 0.378 e.